The number of rotatable bonds is 7. The van der Waals surface area contributed by atoms with Crippen LogP contribution in [-0.4, -0.2) is 15.8 Å². The fourth-order valence-electron chi connectivity index (χ4n) is 6.23. The Morgan fingerprint density at radius 1 is 0.612 bits per heavy atom. The zero-order valence-corrected chi connectivity index (χ0v) is 27.7. The number of amidine groups is 1. The second-order valence-corrected chi connectivity index (χ2v) is 12.8. The number of hydrogen-bond acceptors (Lipinski definition) is 5. The Balaban J connectivity index is 1.06. The minimum Gasteiger partial charge on any atom is -0.408 e. The first kappa shape index (κ1) is 31.0. The Morgan fingerprint density at radius 3 is 1.78 bits per heavy atom. The summed E-state index contributed by atoms with van der Waals surface area (Å²) in [7, 11) is 0. The van der Waals surface area contributed by atoms with Crippen molar-refractivity contribution in [1.29, 1.82) is 0 Å². The Morgan fingerprint density at radius 2 is 1.14 bits per heavy atom. The molecule has 0 saturated heterocycles. The van der Waals surface area contributed by atoms with Crippen molar-refractivity contribution in [3.8, 4) is 11.1 Å². The molecule has 240 valence electrons. The van der Waals surface area contributed by atoms with Gasteiger partial charge in [0.1, 0.15) is 28.8 Å². The fraction of sp³-hybridized carbons (Fsp3) is 0.0750. The maximum atomic E-state index is 6.38. The number of nitrogens with zero attached hydrogens (tertiary/aromatic N) is 4. The van der Waals surface area contributed by atoms with Gasteiger partial charge in [-0.15, -0.1) is 0 Å². The van der Waals surface area contributed by atoms with Crippen LogP contribution in [0.5, 0.6) is 0 Å². The third-order valence-corrected chi connectivity index (χ3v) is 9.20. The van der Waals surface area contributed by atoms with E-state index >= 15 is 0 Å². The van der Waals surface area contributed by atoms with E-state index in [2.05, 4.69) is 130 Å². The van der Waals surface area contributed by atoms with Crippen molar-refractivity contribution in [3.05, 3.63) is 177 Å². The number of hydrogen-bond donors (Lipinski definition) is 3. The average Bonchev–Trinajstić information content (AvgIpc) is 3.14. The predicted octanol–water partition coefficient (Wildman–Crippen LogP) is 8.92. The van der Waals surface area contributed by atoms with E-state index < -0.39 is 6.17 Å². The average molecular weight is 681 g/mol. The Labute approximate surface area is 293 Å². The molecule has 1 aromatic heterocycles. The topological polar surface area (TPSA) is 107 Å². The number of fused-ring (bicyclic) bond motifs is 2. The molecule has 0 fully saturated rings. The van der Waals surface area contributed by atoms with Gasteiger partial charge in [0.2, 0.25) is 5.95 Å². The van der Waals surface area contributed by atoms with Gasteiger partial charge in [0.15, 0.2) is 0 Å². The zero-order valence-electron chi connectivity index (χ0n) is 26.2. The number of nitrogens with one attached hydrogen (secondary N) is 1. The summed E-state index contributed by atoms with van der Waals surface area (Å²) in [4.78, 5) is 13.5. The van der Waals surface area contributed by atoms with Gasteiger partial charge in [0.05, 0.1) is 0 Å². The molecule has 0 aliphatic carbocycles. The van der Waals surface area contributed by atoms with Crippen molar-refractivity contribution in [3.63, 3.8) is 0 Å². The molecule has 0 bridgehead atoms. The maximum Gasteiger partial charge on any atom is 0.227 e. The van der Waals surface area contributed by atoms with Crippen molar-refractivity contribution in [1.82, 2.24) is 9.97 Å². The largest absolute Gasteiger partial charge is 0.408 e. The third kappa shape index (κ3) is 6.70. The lowest BCUT2D eigenvalue weighted by atomic mass is 10.00. The normalized spacial score (nSPS) is 16.6. The van der Waals surface area contributed by atoms with Crippen LogP contribution >= 0.6 is 23.2 Å². The molecule has 1 aliphatic rings. The maximum absolute atomic E-state index is 6.38. The second kappa shape index (κ2) is 13.3. The highest BCUT2D eigenvalue weighted by Crippen LogP contribution is 2.31. The van der Waals surface area contributed by atoms with Crippen molar-refractivity contribution in [2.24, 2.45) is 10.7 Å². The lowest BCUT2D eigenvalue weighted by Gasteiger charge is -2.37. The van der Waals surface area contributed by atoms with Crippen LogP contribution in [0.2, 0.25) is 10.3 Å². The lowest BCUT2D eigenvalue weighted by Crippen LogP contribution is -2.87. The van der Waals surface area contributed by atoms with E-state index in [4.69, 9.17) is 39.2 Å². The number of nitrogens with two attached hydrogens (primary N) is 2. The zero-order chi connectivity index (χ0) is 33.3. The predicted molar refractivity (Wildman–Crippen MR) is 200 cm³/mol. The molecule has 7 aromatic rings. The summed E-state index contributed by atoms with van der Waals surface area (Å²) in [5.74, 6) is 1.00. The molecule has 49 heavy (non-hydrogen) atoms. The van der Waals surface area contributed by atoms with Gasteiger partial charge in [-0.25, -0.2) is 9.97 Å². The van der Waals surface area contributed by atoms with Crippen LogP contribution in [0.4, 0.5) is 5.95 Å². The Kier molecular flexibility index (Phi) is 8.41. The molecule has 1 aliphatic heterocycles. The fourth-order valence-corrected chi connectivity index (χ4v) is 6.65. The van der Waals surface area contributed by atoms with Gasteiger partial charge in [-0.05, 0) is 61.8 Å². The number of aromatic nitrogens is 2. The first-order valence-electron chi connectivity index (χ1n) is 16.0. The molecule has 5 N–H and O–H groups in total. The van der Waals surface area contributed by atoms with Gasteiger partial charge in [0, 0.05) is 17.2 Å². The van der Waals surface area contributed by atoms with E-state index in [-0.39, 0.29) is 28.6 Å². The molecule has 3 unspecified atom stereocenters. The molecular formula is C40H31Cl2N7. The van der Waals surface area contributed by atoms with Gasteiger partial charge in [0.25, 0.3) is 0 Å². The summed E-state index contributed by atoms with van der Waals surface area (Å²) < 4.78 is 0. The van der Waals surface area contributed by atoms with Crippen molar-refractivity contribution in [2.75, 3.05) is 5.32 Å². The lowest BCUT2D eigenvalue weighted by molar-refractivity contribution is -0.727. The number of benzene rings is 6. The number of anilines is 1. The van der Waals surface area contributed by atoms with E-state index in [9.17, 15) is 0 Å². The number of quaternary nitrogens is 1. The smallest absolute Gasteiger partial charge is 0.227 e. The van der Waals surface area contributed by atoms with Gasteiger partial charge < -0.3 is 26.7 Å². The van der Waals surface area contributed by atoms with Crippen molar-refractivity contribution in [2.45, 2.75) is 18.5 Å². The van der Waals surface area contributed by atoms with Gasteiger partial charge >= 0.3 is 0 Å². The van der Waals surface area contributed by atoms with E-state index in [0.29, 0.717) is 0 Å². The highest BCUT2D eigenvalue weighted by atomic mass is 35.5. The molecule has 7 nitrogen and oxygen atoms in total. The molecule has 0 spiro atoms. The first-order chi connectivity index (χ1) is 23.9. The summed E-state index contributed by atoms with van der Waals surface area (Å²) in [6.45, 7) is 0. The summed E-state index contributed by atoms with van der Waals surface area (Å²) >= 11 is 12.0. The van der Waals surface area contributed by atoms with Crippen LogP contribution in [0.3, 0.4) is 0 Å². The first-order valence-corrected chi connectivity index (χ1v) is 16.7. The van der Waals surface area contributed by atoms with Crippen molar-refractivity contribution < 1.29 is 5.32 Å². The molecule has 0 saturated carbocycles. The molecule has 3 atom stereocenters. The number of aliphatic imine (C=N–C) groups is 1. The molecule has 6 aromatic carbocycles. The van der Waals surface area contributed by atoms with E-state index in [1.807, 2.05) is 24.3 Å². The highest BCUT2D eigenvalue weighted by Gasteiger charge is 2.23. The van der Waals surface area contributed by atoms with Crippen LogP contribution in [0, 0.1) is 0 Å². The Bertz CT molecular complexity index is 2300. The van der Waals surface area contributed by atoms with Crippen LogP contribution in [0.1, 0.15) is 40.8 Å². The van der Waals surface area contributed by atoms with E-state index in [1.165, 1.54) is 27.6 Å². The molecule has 0 amide bonds. The summed E-state index contributed by atoms with van der Waals surface area (Å²) in [6.07, 6.45) is -0.835. The SMILES string of the molecule is NC(Nc1nc(Cl)cc(Cl)n1)c1ccc(-c2ccc(C3=NC(c4ccc5ccccc5c4)[NH2+]C(c4ccc5ccccc5c4)[N-]3)cc2)cc1. The quantitative estimate of drug-likeness (QED) is 0.115. The van der Waals surface area contributed by atoms with E-state index in [0.717, 1.165) is 39.2 Å². The standard InChI is InChI=1S/C40H30Cl2N7/c41-34-23-35(42)45-40(44-34)46-36(43)28-15-9-26(10-16-28)27-11-17-29(18-12-27)37-47-38(32-19-13-24-5-1-3-7-30(24)21-32)49-39(48-37)33-20-14-25-6-2-4-8-31(25)22-33/h1-23,36,38-39,49H,43H2,(H-,44,45,46,47,48)/q-1/p+1. The summed E-state index contributed by atoms with van der Waals surface area (Å²) in [5, 5.41) is 15.8. The minimum absolute atomic E-state index is 0.146. The van der Waals surface area contributed by atoms with Crippen LogP contribution < -0.4 is 16.4 Å². The molecule has 2 heterocycles. The number of halogens is 2. The molecular weight excluding hydrogens is 649 g/mol. The molecule has 0 radical (unpaired) electrons. The summed E-state index contributed by atoms with van der Waals surface area (Å²) in [5.41, 5.74) is 12.6. The van der Waals surface area contributed by atoms with Crippen LogP contribution in [0.25, 0.3) is 38.0 Å². The van der Waals surface area contributed by atoms with E-state index in [1.54, 1.807) is 0 Å². The monoisotopic (exact) mass is 679 g/mol. The van der Waals surface area contributed by atoms with Gasteiger partial charge in [-0.2, -0.15) is 0 Å². The van der Waals surface area contributed by atoms with Gasteiger partial charge in [-0.3, -0.25) is 0 Å². The van der Waals surface area contributed by atoms with Gasteiger partial charge in [-0.1, -0.05) is 145 Å². The molecule has 8 rings (SSSR count). The Hall–Kier alpha value is -5.31. The van der Waals surface area contributed by atoms with Crippen LogP contribution in [0.15, 0.2) is 145 Å². The minimum atomic E-state index is -0.542. The second-order valence-electron chi connectivity index (χ2n) is 12.0. The van der Waals surface area contributed by atoms with Crippen molar-refractivity contribution >= 4 is 56.5 Å². The molecule has 9 heteroatoms. The summed E-state index contributed by atoms with van der Waals surface area (Å²) in [6, 6.07) is 48.0. The highest BCUT2D eigenvalue weighted by molar-refractivity contribution is 6.33. The van der Waals surface area contributed by atoms with Crippen LogP contribution in [-0.2, 0) is 0 Å². The third-order valence-electron chi connectivity index (χ3n) is 8.81.